The number of methoxy groups -OCH3 is 1. The Kier molecular flexibility index (Phi) is 4.36. The number of rotatable bonds is 5. The van der Waals surface area contributed by atoms with E-state index in [1.165, 1.54) is 13.2 Å². The highest BCUT2D eigenvalue weighted by Crippen LogP contribution is 2.29. The van der Waals surface area contributed by atoms with Crippen LogP contribution in [0.25, 0.3) is 0 Å². The van der Waals surface area contributed by atoms with Crippen molar-refractivity contribution in [3.05, 3.63) is 59.4 Å². The van der Waals surface area contributed by atoms with Crippen LogP contribution in [-0.2, 0) is 13.2 Å². The third-order valence-electron chi connectivity index (χ3n) is 2.75. The molecule has 0 aliphatic carbocycles. The van der Waals surface area contributed by atoms with E-state index in [4.69, 9.17) is 14.6 Å². The molecule has 0 saturated heterocycles. The molecule has 2 rings (SSSR count). The molecule has 0 aliphatic rings. The lowest BCUT2D eigenvalue weighted by atomic mass is 10.2. The molecule has 0 saturated carbocycles. The van der Waals surface area contributed by atoms with Gasteiger partial charge in [0.15, 0.2) is 11.5 Å². The first-order valence-corrected chi connectivity index (χ1v) is 5.88. The number of aliphatic hydroxyl groups excluding tert-OH is 1. The van der Waals surface area contributed by atoms with Gasteiger partial charge in [-0.15, -0.1) is 0 Å². The lowest BCUT2D eigenvalue weighted by Crippen LogP contribution is -2.00. The van der Waals surface area contributed by atoms with E-state index >= 15 is 0 Å². The maximum atomic E-state index is 13.5. The molecule has 0 aromatic heterocycles. The Bertz CT molecular complexity index is 555. The van der Waals surface area contributed by atoms with Crippen molar-refractivity contribution in [2.45, 2.75) is 13.2 Å². The topological polar surface area (TPSA) is 38.7 Å². The zero-order valence-electron chi connectivity index (χ0n) is 10.6. The third-order valence-corrected chi connectivity index (χ3v) is 2.75. The largest absolute Gasteiger partial charge is 0.493 e. The van der Waals surface area contributed by atoms with Gasteiger partial charge in [0, 0.05) is 5.56 Å². The Hall–Kier alpha value is -2.07. The van der Waals surface area contributed by atoms with Crippen molar-refractivity contribution in [2.24, 2.45) is 0 Å². The molecule has 0 radical (unpaired) electrons. The van der Waals surface area contributed by atoms with E-state index in [1.54, 1.807) is 36.4 Å². The number of ether oxygens (including phenoxy) is 2. The number of hydrogen-bond donors (Lipinski definition) is 1. The van der Waals surface area contributed by atoms with Gasteiger partial charge in [0.05, 0.1) is 13.7 Å². The Morgan fingerprint density at radius 2 is 1.89 bits per heavy atom. The van der Waals surface area contributed by atoms with E-state index in [1.807, 2.05) is 0 Å². The third kappa shape index (κ3) is 3.23. The highest BCUT2D eigenvalue weighted by molar-refractivity contribution is 5.42. The summed E-state index contributed by atoms with van der Waals surface area (Å²) >= 11 is 0. The summed E-state index contributed by atoms with van der Waals surface area (Å²) < 4.78 is 24.2. The maximum Gasteiger partial charge on any atom is 0.162 e. The van der Waals surface area contributed by atoms with Gasteiger partial charge in [0.25, 0.3) is 0 Å². The van der Waals surface area contributed by atoms with Crippen LogP contribution in [0, 0.1) is 5.82 Å². The quantitative estimate of drug-likeness (QED) is 0.900. The van der Waals surface area contributed by atoms with Crippen molar-refractivity contribution >= 4 is 0 Å². The zero-order valence-corrected chi connectivity index (χ0v) is 10.6. The average molecular weight is 262 g/mol. The molecule has 0 amide bonds. The van der Waals surface area contributed by atoms with Gasteiger partial charge in [-0.3, -0.25) is 0 Å². The molecule has 0 spiro atoms. The summed E-state index contributed by atoms with van der Waals surface area (Å²) in [5, 5.41) is 9.10. The van der Waals surface area contributed by atoms with Crippen molar-refractivity contribution in [1.29, 1.82) is 0 Å². The van der Waals surface area contributed by atoms with Crippen LogP contribution in [0.5, 0.6) is 11.5 Å². The van der Waals surface area contributed by atoms with E-state index in [9.17, 15) is 4.39 Å². The van der Waals surface area contributed by atoms with Crippen LogP contribution in [0.4, 0.5) is 4.39 Å². The van der Waals surface area contributed by atoms with Crippen LogP contribution < -0.4 is 9.47 Å². The average Bonchev–Trinajstić information content (AvgIpc) is 2.46. The number of aliphatic hydroxyl groups is 1. The van der Waals surface area contributed by atoms with E-state index in [2.05, 4.69) is 0 Å². The normalized spacial score (nSPS) is 10.3. The fourth-order valence-corrected chi connectivity index (χ4v) is 1.70. The lowest BCUT2D eigenvalue weighted by molar-refractivity contribution is 0.269. The zero-order chi connectivity index (χ0) is 13.7. The van der Waals surface area contributed by atoms with E-state index < -0.39 is 0 Å². The first-order chi connectivity index (χ1) is 9.24. The Labute approximate surface area is 111 Å². The van der Waals surface area contributed by atoms with Gasteiger partial charge >= 0.3 is 0 Å². The number of hydrogen-bond acceptors (Lipinski definition) is 3. The molecule has 0 heterocycles. The van der Waals surface area contributed by atoms with Crippen molar-refractivity contribution in [3.63, 3.8) is 0 Å². The highest BCUT2D eigenvalue weighted by Gasteiger charge is 2.07. The second kappa shape index (κ2) is 6.20. The molecular formula is C15H15FO3. The minimum atomic E-state index is -0.306. The second-order valence-corrected chi connectivity index (χ2v) is 4.02. The van der Waals surface area contributed by atoms with Crippen LogP contribution in [0.2, 0.25) is 0 Å². The molecule has 2 aromatic rings. The predicted molar refractivity (Wildman–Crippen MR) is 69.6 cm³/mol. The first-order valence-electron chi connectivity index (χ1n) is 5.88. The van der Waals surface area contributed by atoms with Crippen LogP contribution in [0.3, 0.4) is 0 Å². The molecule has 2 aromatic carbocycles. The number of halogens is 1. The smallest absolute Gasteiger partial charge is 0.162 e. The van der Waals surface area contributed by atoms with Crippen LogP contribution in [0.15, 0.2) is 42.5 Å². The van der Waals surface area contributed by atoms with Crippen LogP contribution in [0.1, 0.15) is 11.1 Å². The molecule has 4 heteroatoms. The van der Waals surface area contributed by atoms with Gasteiger partial charge in [0.2, 0.25) is 0 Å². The van der Waals surface area contributed by atoms with Crippen molar-refractivity contribution in [3.8, 4) is 11.5 Å². The predicted octanol–water partition coefficient (Wildman–Crippen LogP) is 2.91. The highest BCUT2D eigenvalue weighted by atomic mass is 19.1. The van der Waals surface area contributed by atoms with Gasteiger partial charge in [-0.1, -0.05) is 24.3 Å². The number of benzene rings is 2. The van der Waals surface area contributed by atoms with Gasteiger partial charge < -0.3 is 14.6 Å². The fraction of sp³-hybridized carbons (Fsp3) is 0.200. The molecule has 0 bridgehead atoms. The van der Waals surface area contributed by atoms with Crippen molar-refractivity contribution in [2.75, 3.05) is 7.11 Å². The Balaban J connectivity index is 2.16. The van der Waals surface area contributed by atoms with Gasteiger partial charge in [0.1, 0.15) is 12.4 Å². The molecular weight excluding hydrogens is 247 g/mol. The molecule has 0 fully saturated rings. The molecule has 3 nitrogen and oxygen atoms in total. The Morgan fingerprint density at radius 3 is 2.58 bits per heavy atom. The van der Waals surface area contributed by atoms with Crippen molar-refractivity contribution < 1.29 is 19.0 Å². The van der Waals surface area contributed by atoms with Gasteiger partial charge in [-0.05, 0) is 23.8 Å². The van der Waals surface area contributed by atoms with E-state index in [0.717, 1.165) is 0 Å². The SMILES string of the molecule is COc1ccc(CO)cc1OCc1ccccc1F. The summed E-state index contributed by atoms with van der Waals surface area (Å²) in [6, 6.07) is 11.6. The summed E-state index contributed by atoms with van der Waals surface area (Å²) in [6.45, 7) is 0.0258. The van der Waals surface area contributed by atoms with E-state index in [0.29, 0.717) is 22.6 Å². The Morgan fingerprint density at radius 1 is 1.11 bits per heavy atom. The van der Waals surface area contributed by atoms with Crippen molar-refractivity contribution in [1.82, 2.24) is 0 Å². The summed E-state index contributed by atoms with van der Waals surface area (Å²) in [4.78, 5) is 0. The molecule has 19 heavy (non-hydrogen) atoms. The maximum absolute atomic E-state index is 13.5. The minimum Gasteiger partial charge on any atom is -0.493 e. The van der Waals surface area contributed by atoms with Gasteiger partial charge in [-0.25, -0.2) is 4.39 Å². The second-order valence-electron chi connectivity index (χ2n) is 4.02. The summed E-state index contributed by atoms with van der Waals surface area (Å²) in [5.41, 5.74) is 1.18. The molecule has 0 atom stereocenters. The summed E-state index contributed by atoms with van der Waals surface area (Å²) in [5.74, 6) is 0.727. The fourth-order valence-electron chi connectivity index (χ4n) is 1.70. The summed E-state index contributed by atoms with van der Waals surface area (Å²) in [6.07, 6.45) is 0. The minimum absolute atomic E-state index is 0.0833. The molecule has 0 unspecified atom stereocenters. The molecule has 1 N–H and O–H groups in total. The van der Waals surface area contributed by atoms with Crippen LogP contribution in [-0.4, -0.2) is 12.2 Å². The summed E-state index contributed by atoms with van der Waals surface area (Å²) in [7, 11) is 1.53. The standard InChI is InChI=1S/C15H15FO3/c1-18-14-7-6-11(9-17)8-15(14)19-10-12-4-2-3-5-13(12)16/h2-8,17H,9-10H2,1H3. The van der Waals surface area contributed by atoms with Gasteiger partial charge in [-0.2, -0.15) is 0 Å². The monoisotopic (exact) mass is 262 g/mol. The van der Waals surface area contributed by atoms with E-state index in [-0.39, 0.29) is 19.0 Å². The lowest BCUT2D eigenvalue weighted by Gasteiger charge is -2.12. The molecule has 0 aliphatic heterocycles. The van der Waals surface area contributed by atoms with Crippen LogP contribution >= 0.6 is 0 Å². The molecule has 100 valence electrons. The first kappa shape index (κ1) is 13.4.